The maximum Gasteiger partial charge on any atom is 0.268 e. The molecule has 0 aliphatic heterocycles. The molecule has 166 valence electrons. The van der Waals surface area contributed by atoms with Crippen molar-refractivity contribution in [3.05, 3.63) is 61.5 Å². The van der Waals surface area contributed by atoms with Crippen molar-refractivity contribution in [3.63, 3.8) is 0 Å². The largest absolute Gasteiger partial charge is 0.338 e. The molecular formula is C24H28Cl2N2O3. The lowest BCUT2D eigenvalue weighted by atomic mass is 9.75. The molecule has 1 aliphatic rings. The zero-order valence-electron chi connectivity index (χ0n) is 18.4. The number of rotatable bonds is 6. The van der Waals surface area contributed by atoms with E-state index >= 15 is 0 Å². The number of carbonyl (C=O) groups excluding carboxylic acids is 2. The van der Waals surface area contributed by atoms with E-state index in [1.807, 2.05) is 27.7 Å². The molecule has 31 heavy (non-hydrogen) atoms. The van der Waals surface area contributed by atoms with E-state index in [-0.39, 0.29) is 22.7 Å². The molecule has 1 aromatic carbocycles. The van der Waals surface area contributed by atoms with Crippen molar-refractivity contribution in [3.8, 4) is 5.69 Å². The minimum absolute atomic E-state index is 0.0137. The summed E-state index contributed by atoms with van der Waals surface area (Å²) in [4.78, 5) is 41.7. The number of hydrogen-bond donors (Lipinski definition) is 0. The van der Waals surface area contributed by atoms with Gasteiger partial charge < -0.3 is 4.90 Å². The van der Waals surface area contributed by atoms with E-state index in [1.54, 1.807) is 23.1 Å². The minimum atomic E-state index is -0.440. The Hall–Kier alpha value is -2.11. The van der Waals surface area contributed by atoms with Crippen molar-refractivity contribution >= 4 is 34.9 Å². The number of nitrogens with zero attached hydrogens (tertiary/aromatic N) is 2. The highest BCUT2D eigenvalue weighted by atomic mass is 35.5. The summed E-state index contributed by atoms with van der Waals surface area (Å²) >= 11 is 12.3. The predicted octanol–water partition coefficient (Wildman–Crippen LogP) is 5.56. The molecule has 0 unspecified atom stereocenters. The molecular weight excluding hydrogens is 435 g/mol. The van der Waals surface area contributed by atoms with Crippen molar-refractivity contribution in [2.45, 2.75) is 53.4 Å². The first-order chi connectivity index (χ1) is 14.6. The van der Waals surface area contributed by atoms with Crippen LogP contribution in [-0.2, 0) is 6.42 Å². The zero-order valence-corrected chi connectivity index (χ0v) is 19.9. The first-order valence-corrected chi connectivity index (χ1v) is 11.4. The highest BCUT2D eigenvalue weighted by Crippen LogP contribution is 2.36. The van der Waals surface area contributed by atoms with Gasteiger partial charge in [-0.2, -0.15) is 0 Å². The van der Waals surface area contributed by atoms with Gasteiger partial charge in [-0.3, -0.25) is 19.0 Å². The number of halogens is 2. The Morgan fingerprint density at radius 2 is 1.68 bits per heavy atom. The lowest BCUT2D eigenvalue weighted by Gasteiger charge is -2.32. The van der Waals surface area contributed by atoms with E-state index in [4.69, 9.17) is 23.2 Å². The van der Waals surface area contributed by atoms with Crippen molar-refractivity contribution in [1.29, 1.82) is 0 Å². The standard InChI is InChI=1S/C24H28Cl2N2O3/c1-5-9-27(10-6-2)22(30)17-12-16-20(13-24(3,4)14-21(16)29)28(23(17)31)15-7-8-18(25)19(26)11-15/h7-8,11-12H,5-6,9-10,13-14H2,1-4H3. The van der Waals surface area contributed by atoms with E-state index in [0.717, 1.165) is 12.8 Å². The Morgan fingerprint density at radius 3 is 2.26 bits per heavy atom. The number of benzene rings is 1. The van der Waals surface area contributed by atoms with Crippen LogP contribution in [0.25, 0.3) is 5.69 Å². The van der Waals surface area contributed by atoms with Gasteiger partial charge in [0.1, 0.15) is 5.56 Å². The van der Waals surface area contributed by atoms with E-state index in [0.29, 0.717) is 52.9 Å². The molecule has 1 aliphatic carbocycles. The summed E-state index contributed by atoms with van der Waals surface area (Å²) in [6.07, 6.45) is 2.46. The minimum Gasteiger partial charge on any atom is -0.338 e. The van der Waals surface area contributed by atoms with Crippen LogP contribution in [0.15, 0.2) is 29.1 Å². The van der Waals surface area contributed by atoms with Crippen LogP contribution in [-0.4, -0.2) is 34.2 Å². The van der Waals surface area contributed by atoms with Gasteiger partial charge in [-0.25, -0.2) is 0 Å². The third-order valence-corrected chi connectivity index (χ3v) is 6.29. The number of amides is 1. The van der Waals surface area contributed by atoms with E-state index in [1.165, 1.54) is 10.6 Å². The molecule has 0 fully saturated rings. The molecule has 0 atom stereocenters. The van der Waals surface area contributed by atoms with Crippen molar-refractivity contribution in [2.75, 3.05) is 13.1 Å². The normalized spacial score (nSPS) is 15.0. The van der Waals surface area contributed by atoms with E-state index in [9.17, 15) is 14.4 Å². The monoisotopic (exact) mass is 462 g/mol. The summed E-state index contributed by atoms with van der Waals surface area (Å²) in [5, 5.41) is 0.671. The lowest BCUT2D eigenvalue weighted by molar-refractivity contribution is 0.0753. The average molecular weight is 463 g/mol. The van der Waals surface area contributed by atoms with Gasteiger partial charge in [-0.1, -0.05) is 50.9 Å². The number of aromatic nitrogens is 1. The SMILES string of the molecule is CCCN(CCC)C(=O)c1cc2c(n(-c3ccc(Cl)c(Cl)c3)c1=O)CC(C)(C)CC2=O. The summed E-state index contributed by atoms with van der Waals surface area (Å²) in [5.41, 5.74) is 0.814. The summed E-state index contributed by atoms with van der Waals surface area (Å²) in [6.45, 7) is 9.08. The van der Waals surface area contributed by atoms with Crippen LogP contribution in [0.2, 0.25) is 10.0 Å². The van der Waals surface area contributed by atoms with Gasteiger partial charge in [0.25, 0.3) is 11.5 Å². The number of fused-ring (bicyclic) bond motifs is 1. The van der Waals surface area contributed by atoms with Crippen LogP contribution in [0, 0.1) is 5.41 Å². The molecule has 1 amide bonds. The summed E-state index contributed by atoms with van der Waals surface area (Å²) in [7, 11) is 0. The number of ketones is 1. The Morgan fingerprint density at radius 1 is 1.03 bits per heavy atom. The van der Waals surface area contributed by atoms with Gasteiger partial charge in [-0.05, 0) is 48.9 Å². The van der Waals surface area contributed by atoms with Crippen molar-refractivity contribution in [1.82, 2.24) is 9.47 Å². The van der Waals surface area contributed by atoms with Gasteiger partial charge in [0.15, 0.2) is 5.78 Å². The average Bonchev–Trinajstić information content (AvgIpc) is 2.68. The summed E-state index contributed by atoms with van der Waals surface area (Å²) < 4.78 is 1.47. The van der Waals surface area contributed by atoms with Crippen LogP contribution >= 0.6 is 23.2 Å². The fraction of sp³-hybridized carbons (Fsp3) is 0.458. The molecule has 1 aromatic heterocycles. The maximum atomic E-state index is 13.6. The second-order valence-electron chi connectivity index (χ2n) is 8.89. The number of hydrogen-bond acceptors (Lipinski definition) is 3. The number of Topliss-reactive ketones (excluding diaryl/α,β-unsaturated/α-hetero) is 1. The fourth-order valence-corrected chi connectivity index (χ4v) is 4.48. The molecule has 0 saturated heterocycles. The van der Waals surface area contributed by atoms with Crippen LogP contribution in [0.1, 0.15) is 73.4 Å². The van der Waals surface area contributed by atoms with Crippen LogP contribution < -0.4 is 5.56 Å². The Balaban J connectivity index is 2.30. The Bertz CT molecular complexity index is 1080. The summed E-state index contributed by atoms with van der Waals surface area (Å²) in [6, 6.07) is 6.40. The molecule has 7 heteroatoms. The van der Waals surface area contributed by atoms with Gasteiger partial charge in [0.05, 0.1) is 15.7 Å². The summed E-state index contributed by atoms with van der Waals surface area (Å²) in [5.74, 6) is -0.408. The third-order valence-electron chi connectivity index (χ3n) is 5.55. The second kappa shape index (κ2) is 9.17. The van der Waals surface area contributed by atoms with Gasteiger partial charge in [0, 0.05) is 30.8 Å². The smallest absolute Gasteiger partial charge is 0.268 e. The molecule has 0 N–H and O–H groups in total. The van der Waals surface area contributed by atoms with Crippen LogP contribution in [0.4, 0.5) is 0 Å². The quantitative estimate of drug-likeness (QED) is 0.564. The van der Waals surface area contributed by atoms with Gasteiger partial charge in [0.2, 0.25) is 0 Å². The molecule has 0 saturated carbocycles. The highest BCUT2D eigenvalue weighted by Gasteiger charge is 2.35. The van der Waals surface area contributed by atoms with Crippen LogP contribution in [0.3, 0.4) is 0 Å². The van der Waals surface area contributed by atoms with E-state index in [2.05, 4.69) is 0 Å². The predicted molar refractivity (Wildman–Crippen MR) is 125 cm³/mol. The Kier molecular flexibility index (Phi) is 6.97. The van der Waals surface area contributed by atoms with Crippen LogP contribution in [0.5, 0.6) is 0 Å². The second-order valence-corrected chi connectivity index (χ2v) is 9.70. The first kappa shape index (κ1) is 23.6. The molecule has 1 heterocycles. The Labute approximate surface area is 193 Å². The van der Waals surface area contributed by atoms with Crippen molar-refractivity contribution in [2.24, 2.45) is 5.41 Å². The zero-order chi connectivity index (χ0) is 22.9. The molecule has 2 aromatic rings. The van der Waals surface area contributed by atoms with Crippen molar-refractivity contribution < 1.29 is 9.59 Å². The molecule has 0 spiro atoms. The fourth-order valence-electron chi connectivity index (χ4n) is 4.19. The lowest BCUT2D eigenvalue weighted by Crippen LogP contribution is -2.40. The van der Waals surface area contributed by atoms with Gasteiger partial charge in [-0.15, -0.1) is 0 Å². The molecule has 3 rings (SSSR count). The topological polar surface area (TPSA) is 59.4 Å². The molecule has 5 nitrogen and oxygen atoms in total. The number of pyridine rings is 1. The number of carbonyl (C=O) groups is 2. The van der Waals surface area contributed by atoms with Gasteiger partial charge >= 0.3 is 0 Å². The molecule has 0 radical (unpaired) electrons. The third kappa shape index (κ3) is 4.73. The first-order valence-electron chi connectivity index (χ1n) is 10.7. The maximum absolute atomic E-state index is 13.6. The van der Waals surface area contributed by atoms with E-state index < -0.39 is 5.56 Å². The molecule has 0 bridgehead atoms. The highest BCUT2D eigenvalue weighted by molar-refractivity contribution is 6.42.